The molecular formula is C28H43NO9. The Bertz CT molecular complexity index is 946. The molecule has 0 aromatic heterocycles. The van der Waals surface area contributed by atoms with Crippen LogP contribution < -0.4 is 15.2 Å². The van der Waals surface area contributed by atoms with Gasteiger partial charge < -0.3 is 29.8 Å². The molecule has 5 atom stereocenters. The normalized spacial score (nSPS) is 15.1. The first kappa shape index (κ1) is 32.9. The molecule has 1 aromatic rings. The van der Waals surface area contributed by atoms with E-state index in [4.69, 9.17) is 24.7 Å². The van der Waals surface area contributed by atoms with Crippen LogP contribution >= 0.6 is 0 Å². The van der Waals surface area contributed by atoms with Crippen LogP contribution in [0.2, 0.25) is 0 Å². The van der Waals surface area contributed by atoms with Crippen molar-refractivity contribution in [2.24, 2.45) is 17.6 Å². The van der Waals surface area contributed by atoms with Crippen molar-refractivity contribution in [3.63, 3.8) is 0 Å². The van der Waals surface area contributed by atoms with Gasteiger partial charge in [0, 0.05) is 5.92 Å². The molecule has 0 amide bonds. The highest BCUT2D eigenvalue weighted by atomic mass is 16.7. The second-order valence-corrected chi connectivity index (χ2v) is 9.98. The molecule has 0 bridgehead atoms. The van der Waals surface area contributed by atoms with E-state index in [0.717, 1.165) is 12.8 Å². The number of carbonyl (C=O) groups is 4. The van der Waals surface area contributed by atoms with Crippen LogP contribution in [0.25, 0.3) is 0 Å². The van der Waals surface area contributed by atoms with Gasteiger partial charge in [0.1, 0.15) is 12.1 Å². The van der Waals surface area contributed by atoms with Gasteiger partial charge in [-0.1, -0.05) is 46.6 Å². The van der Waals surface area contributed by atoms with E-state index < -0.39 is 48.0 Å². The first-order chi connectivity index (χ1) is 17.8. The van der Waals surface area contributed by atoms with E-state index in [1.165, 1.54) is 12.1 Å². The Kier molecular flexibility index (Phi) is 13.8. The largest absolute Gasteiger partial charge is 0.508 e. The van der Waals surface area contributed by atoms with Crippen LogP contribution in [0.5, 0.6) is 11.5 Å². The molecule has 4 unspecified atom stereocenters. The third-order valence-electron chi connectivity index (χ3n) is 6.00. The minimum absolute atomic E-state index is 0.0112. The number of hydrogen-bond acceptors (Lipinski definition) is 9. The van der Waals surface area contributed by atoms with Crippen LogP contribution in [-0.2, 0) is 23.9 Å². The van der Waals surface area contributed by atoms with Crippen molar-refractivity contribution in [1.29, 1.82) is 0 Å². The van der Waals surface area contributed by atoms with Crippen LogP contribution in [0.1, 0.15) is 92.1 Å². The molecule has 3 N–H and O–H groups in total. The molecule has 0 aliphatic carbocycles. The Hall–Kier alpha value is -3.14. The van der Waals surface area contributed by atoms with Gasteiger partial charge in [-0.2, -0.15) is 0 Å². The van der Waals surface area contributed by atoms with Crippen molar-refractivity contribution >= 4 is 24.1 Å². The van der Waals surface area contributed by atoms with Crippen LogP contribution in [-0.4, -0.2) is 47.4 Å². The summed E-state index contributed by atoms with van der Waals surface area (Å²) >= 11 is 0. The van der Waals surface area contributed by atoms with Crippen LogP contribution in [0, 0.1) is 11.8 Å². The molecular weight excluding hydrogens is 494 g/mol. The maximum Gasteiger partial charge on any atom is 0.508 e. The topological polar surface area (TPSA) is 151 Å². The fraction of sp³-hybridized carbons (Fsp3) is 0.643. The molecule has 1 rings (SSSR count). The number of ether oxygens (including phenoxy) is 4. The van der Waals surface area contributed by atoms with Crippen molar-refractivity contribution in [3.05, 3.63) is 23.8 Å². The fourth-order valence-corrected chi connectivity index (χ4v) is 3.89. The molecule has 0 fully saturated rings. The molecule has 0 aliphatic rings. The molecule has 10 heteroatoms. The quantitative estimate of drug-likeness (QED) is 0.225. The Morgan fingerprint density at radius 2 is 1.37 bits per heavy atom. The monoisotopic (exact) mass is 537 g/mol. The highest BCUT2D eigenvalue weighted by Gasteiger charge is 2.31. The molecule has 38 heavy (non-hydrogen) atoms. The van der Waals surface area contributed by atoms with Crippen molar-refractivity contribution in [3.8, 4) is 11.5 Å². The van der Waals surface area contributed by atoms with Gasteiger partial charge in [-0.3, -0.25) is 14.4 Å². The number of benzene rings is 1. The van der Waals surface area contributed by atoms with Crippen LogP contribution in [0.4, 0.5) is 4.79 Å². The van der Waals surface area contributed by atoms with Gasteiger partial charge in [-0.25, -0.2) is 4.79 Å². The molecule has 214 valence electrons. The minimum Gasteiger partial charge on any atom is -0.480 e. The Morgan fingerprint density at radius 1 is 0.842 bits per heavy atom. The number of carboxylic acids is 1. The summed E-state index contributed by atoms with van der Waals surface area (Å²) in [6.07, 6.45) is 0.867. The predicted octanol–water partition coefficient (Wildman–Crippen LogP) is 5.21. The highest BCUT2D eigenvalue weighted by molar-refractivity contribution is 5.79. The lowest BCUT2D eigenvalue weighted by atomic mass is 9.87. The van der Waals surface area contributed by atoms with Crippen molar-refractivity contribution in [1.82, 2.24) is 0 Å². The number of carbonyl (C=O) groups excluding carboxylic acids is 3. The zero-order valence-electron chi connectivity index (χ0n) is 23.5. The minimum atomic E-state index is -1.36. The molecule has 0 aliphatic heterocycles. The molecule has 0 spiro atoms. The third-order valence-corrected chi connectivity index (χ3v) is 6.00. The lowest BCUT2D eigenvalue weighted by Crippen LogP contribution is -2.38. The summed E-state index contributed by atoms with van der Waals surface area (Å²) in [6.45, 7) is 12.4. The summed E-state index contributed by atoms with van der Waals surface area (Å²) in [5.74, 6) is -3.79. The third kappa shape index (κ3) is 10.7. The predicted molar refractivity (Wildman–Crippen MR) is 141 cm³/mol. The van der Waals surface area contributed by atoms with E-state index in [2.05, 4.69) is 0 Å². The van der Waals surface area contributed by atoms with E-state index in [-0.39, 0.29) is 29.9 Å². The molecule has 0 heterocycles. The van der Waals surface area contributed by atoms with Gasteiger partial charge in [-0.05, 0) is 57.7 Å². The lowest BCUT2D eigenvalue weighted by molar-refractivity contribution is -0.141. The van der Waals surface area contributed by atoms with E-state index in [9.17, 15) is 24.3 Å². The molecule has 10 nitrogen and oxygen atoms in total. The molecule has 1 aromatic carbocycles. The Balaban J connectivity index is 3.38. The maximum atomic E-state index is 12.7. The molecule has 0 saturated carbocycles. The number of carboxylic acid groups (broad SMARTS) is 1. The summed E-state index contributed by atoms with van der Waals surface area (Å²) in [5, 5.41) is 9.65. The summed E-state index contributed by atoms with van der Waals surface area (Å²) in [5.41, 5.74) is 6.44. The number of hydrogen-bond donors (Lipinski definition) is 2. The van der Waals surface area contributed by atoms with Gasteiger partial charge in [0.2, 0.25) is 0 Å². The first-order valence-corrected chi connectivity index (χ1v) is 13.2. The SMILES string of the molecule is CCCC(C)C(=O)Oc1ccc(C(CC(C)OC(=O)OC(C)C)[C@H](N)C(=O)O)cc1OC(=O)C(C)CCC. The average molecular weight is 538 g/mol. The average Bonchev–Trinajstić information content (AvgIpc) is 2.82. The van der Waals surface area contributed by atoms with Crippen molar-refractivity contribution in [2.75, 3.05) is 0 Å². The first-order valence-electron chi connectivity index (χ1n) is 13.2. The number of rotatable bonds is 15. The van der Waals surface area contributed by atoms with Gasteiger partial charge in [0.25, 0.3) is 0 Å². The van der Waals surface area contributed by atoms with Gasteiger partial charge in [0.05, 0.1) is 17.9 Å². The summed E-state index contributed by atoms with van der Waals surface area (Å²) < 4.78 is 21.5. The molecule has 0 saturated heterocycles. The second kappa shape index (κ2) is 16.0. The molecule has 0 radical (unpaired) electrons. The van der Waals surface area contributed by atoms with Gasteiger partial charge in [0.15, 0.2) is 11.5 Å². The van der Waals surface area contributed by atoms with Gasteiger partial charge in [-0.15, -0.1) is 0 Å². The second-order valence-electron chi connectivity index (χ2n) is 9.98. The van der Waals surface area contributed by atoms with E-state index >= 15 is 0 Å². The Labute approximate surface area is 225 Å². The van der Waals surface area contributed by atoms with E-state index in [1.807, 2.05) is 13.8 Å². The van der Waals surface area contributed by atoms with E-state index in [1.54, 1.807) is 40.7 Å². The number of nitrogens with two attached hydrogens (primary N) is 1. The number of aliphatic carboxylic acids is 1. The fourth-order valence-electron chi connectivity index (χ4n) is 3.89. The summed E-state index contributed by atoms with van der Waals surface area (Å²) in [7, 11) is 0. The zero-order valence-corrected chi connectivity index (χ0v) is 23.5. The zero-order chi connectivity index (χ0) is 29.0. The number of esters is 2. The smallest absolute Gasteiger partial charge is 0.480 e. The summed E-state index contributed by atoms with van der Waals surface area (Å²) in [6, 6.07) is 3.12. The van der Waals surface area contributed by atoms with Crippen LogP contribution in [0.3, 0.4) is 0 Å². The van der Waals surface area contributed by atoms with Crippen molar-refractivity contribution < 1.29 is 43.2 Å². The van der Waals surface area contributed by atoms with E-state index in [0.29, 0.717) is 18.4 Å². The van der Waals surface area contributed by atoms with Gasteiger partial charge >= 0.3 is 24.1 Å². The standard InChI is InChI=1S/C28H43NO9/c1-8-10-17(5)26(32)37-22-13-12-20(15-23(22)38-27(33)18(6)11-9-2)21(24(29)25(30)31)14-19(7)36-28(34)35-16(3)4/h12-13,15-19,21,24H,8-11,14,29H2,1-7H3,(H,30,31)/t17?,18?,19?,21?,24-/m0/s1. The van der Waals surface area contributed by atoms with Crippen LogP contribution in [0.15, 0.2) is 18.2 Å². The Morgan fingerprint density at radius 3 is 1.84 bits per heavy atom. The lowest BCUT2D eigenvalue weighted by Gasteiger charge is -2.25. The highest BCUT2D eigenvalue weighted by Crippen LogP contribution is 2.35. The van der Waals surface area contributed by atoms with Crippen molar-refractivity contribution in [2.45, 2.75) is 105 Å². The summed E-state index contributed by atoms with van der Waals surface area (Å²) in [4.78, 5) is 49.1. The maximum absolute atomic E-state index is 12.7.